The smallest absolute Gasteiger partial charge is 0.200 e. The Balaban J connectivity index is 2.89. The molecule has 0 aromatic heterocycles. The summed E-state index contributed by atoms with van der Waals surface area (Å²) in [5.74, 6) is -9.99. The van der Waals surface area contributed by atoms with Crippen LogP contribution >= 0.6 is 0 Å². The van der Waals surface area contributed by atoms with E-state index in [0.29, 0.717) is 6.42 Å². The van der Waals surface area contributed by atoms with Crippen molar-refractivity contribution in [3.8, 4) is 0 Å². The highest BCUT2D eigenvalue weighted by atomic mass is 19.2. The van der Waals surface area contributed by atoms with Gasteiger partial charge in [-0.3, -0.25) is 0 Å². The van der Waals surface area contributed by atoms with E-state index >= 15 is 0 Å². The van der Waals surface area contributed by atoms with Crippen molar-refractivity contribution in [1.29, 1.82) is 0 Å². The fourth-order valence-corrected chi connectivity index (χ4v) is 1.33. The molecule has 7 heteroatoms. The van der Waals surface area contributed by atoms with Crippen LogP contribution in [0.3, 0.4) is 0 Å². The number of benzene rings is 1. The van der Waals surface area contributed by atoms with Crippen LogP contribution in [0, 0.1) is 29.1 Å². The molecule has 0 spiro atoms. The van der Waals surface area contributed by atoms with E-state index in [1.807, 2.05) is 0 Å². The molecular weight excluding hydrogens is 257 g/mol. The van der Waals surface area contributed by atoms with Gasteiger partial charge in [0.25, 0.3) is 0 Å². The first kappa shape index (κ1) is 14.7. The Hall–Kier alpha value is -1.37. The van der Waals surface area contributed by atoms with Gasteiger partial charge in [0.2, 0.25) is 5.82 Å². The molecule has 0 aliphatic rings. The molecule has 0 aliphatic carbocycles. The summed E-state index contributed by atoms with van der Waals surface area (Å²) in [6.45, 7) is 1.59. The Morgan fingerprint density at radius 2 is 1.39 bits per heavy atom. The number of rotatable bonds is 5. The lowest BCUT2D eigenvalue weighted by atomic mass is 10.2. The molecule has 1 atom stereocenters. The fraction of sp³-hybridized carbons (Fsp3) is 0.455. The molecule has 0 aliphatic heterocycles. The van der Waals surface area contributed by atoms with Crippen molar-refractivity contribution in [2.75, 3.05) is 11.9 Å². The average molecular weight is 269 g/mol. The molecule has 2 N–H and O–H groups in total. The van der Waals surface area contributed by atoms with Crippen LogP contribution in [-0.4, -0.2) is 17.8 Å². The van der Waals surface area contributed by atoms with Crippen LogP contribution in [0.25, 0.3) is 0 Å². The number of aliphatic hydroxyl groups is 1. The van der Waals surface area contributed by atoms with Gasteiger partial charge in [0, 0.05) is 6.54 Å². The van der Waals surface area contributed by atoms with Gasteiger partial charge < -0.3 is 10.4 Å². The van der Waals surface area contributed by atoms with Crippen LogP contribution in [0.1, 0.15) is 19.8 Å². The standard InChI is InChI=1S/C11H12F5NO/c1-2-5(18)3-4-17-11-9(15)7(13)6(12)8(14)10(11)16/h5,17-18H,2-4H2,1H3. The van der Waals surface area contributed by atoms with Crippen LogP contribution < -0.4 is 5.32 Å². The summed E-state index contributed by atoms with van der Waals surface area (Å²) in [4.78, 5) is 0. The van der Waals surface area contributed by atoms with Crippen LogP contribution in [0.5, 0.6) is 0 Å². The zero-order chi connectivity index (χ0) is 13.9. The van der Waals surface area contributed by atoms with E-state index < -0.39 is 40.9 Å². The van der Waals surface area contributed by atoms with Crippen LogP contribution in [0.15, 0.2) is 0 Å². The van der Waals surface area contributed by atoms with Gasteiger partial charge >= 0.3 is 0 Å². The largest absolute Gasteiger partial charge is 0.393 e. The van der Waals surface area contributed by atoms with Gasteiger partial charge in [0.05, 0.1) is 6.10 Å². The molecule has 0 radical (unpaired) electrons. The lowest BCUT2D eigenvalue weighted by Gasteiger charge is -2.12. The van der Waals surface area contributed by atoms with Crippen LogP contribution in [-0.2, 0) is 0 Å². The minimum Gasteiger partial charge on any atom is -0.393 e. The van der Waals surface area contributed by atoms with E-state index in [1.54, 1.807) is 6.92 Å². The highest BCUT2D eigenvalue weighted by molar-refractivity contribution is 5.47. The number of nitrogens with one attached hydrogen (secondary N) is 1. The second-order valence-corrected chi connectivity index (χ2v) is 3.72. The molecule has 18 heavy (non-hydrogen) atoms. The third-order valence-electron chi connectivity index (χ3n) is 2.46. The van der Waals surface area contributed by atoms with Crippen molar-refractivity contribution in [3.63, 3.8) is 0 Å². The van der Waals surface area contributed by atoms with E-state index in [1.165, 1.54) is 0 Å². The number of anilines is 1. The normalized spacial score (nSPS) is 12.6. The van der Waals surface area contributed by atoms with Crippen LogP contribution in [0.2, 0.25) is 0 Å². The molecule has 1 aromatic rings. The van der Waals surface area contributed by atoms with Gasteiger partial charge in [-0.1, -0.05) is 6.92 Å². The molecule has 2 nitrogen and oxygen atoms in total. The van der Waals surface area contributed by atoms with Gasteiger partial charge in [-0.05, 0) is 12.8 Å². The minimum atomic E-state index is -2.19. The first-order chi connectivity index (χ1) is 8.40. The van der Waals surface area contributed by atoms with Crippen molar-refractivity contribution in [1.82, 2.24) is 0 Å². The molecule has 0 saturated carbocycles. The second-order valence-electron chi connectivity index (χ2n) is 3.72. The Labute approximate surface area is 100 Å². The maximum Gasteiger partial charge on any atom is 0.200 e. The molecule has 0 amide bonds. The first-order valence-electron chi connectivity index (χ1n) is 5.33. The minimum absolute atomic E-state index is 0.104. The van der Waals surface area contributed by atoms with E-state index in [-0.39, 0.29) is 13.0 Å². The summed E-state index contributed by atoms with van der Waals surface area (Å²) in [6, 6.07) is 0. The molecule has 0 bridgehead atoms. The summed E-state index contributed by atoms with van der Waals surface area (Å²) < 4.78 is 64.6. The van der Waals surface area contributed by atoms with Crippen molar-refractivity contribution < 1.29 is 27.1 Å². The van der Waals surface area contributed by atoms with Gasteiger partial charge in [0.15, 0.2) is 23.3 Å². The number of hydrogen-bond donors (Lipinski definition) is 2. The third kappa shape index (κ3) is 2.90. The monoisotopic (exact) mass is 269 g/mol. The lowest BCUT2D eigenvalue weighted by molar-refractivity contribution is 0.164. The molecular formula is C11H12F5NO. The van der Waals surface area contributed by atoms with E-state index in [2.05, 4.69) is 5.32 Å². The van der Waals surface area contributed by atoms with Gasteiger partial charge in [-0.2, -0.15) is 0 Å². The number of hydrogen-bond acceptors (Lipinski definition) is 2. The van der Waals surface area contributed by atoms with Crippen molar-refractivity contribution in [2.24, 2.45) is 0 Å². The Bertz CT molecular complexity index is 409. The van der Waals surface area contributed by atoms with Crippen molar-refractivity contribution >= 4 is 5.69 Å². The Morgan fingerprint density at radius 1 is 0.944 bits per heavy atom. The predicted octanol–water partition coefficient (Wildman–Crippen LogP) is 2.96. The van der Waals surface area contributed by atoms with Gasteiger partial charge in [-0.15, -0.1) is 0 Å². The fourth-order valence-electron chi connectivity index (χ4n) is 1.33. The third-order valence-corrected chi connectivity index (χ3v) is 2.46. The highest BCUT2D eigenvalue weighted by Gasteiger charge is 2.25. The summed E-state index contributed by atoms with van der Waals surface area (Å²) in [5.41, 5.74) is -1.07. The molecule has 0 saturated heterocycles. The topological polar surface area (TPSA) is 32.3 Å². The highest BCUT2D eigenvalue weighted by Crippen LogP contribution is 2.27. The predicted molar refractivity (Wildman–Crippen MR) is 55.6 cm³/mol. The van der Waals surface area contributed by atoms with E-state index in [0.717, 1.165) is 0 Å². The maximum absolute atomic E-state index is 13.2. The second kappa shape index (κ2) is 5.99. The maximum atomic E-state index is 13.2. The quantitative estimate of drug-likeness (QED) is 0.489. The Morgan fingerprint density at radius 3 is 1.83 bits per heavy atom. The first-order valence-corrected chi connectivity index (χ1v) is 5.33. The summed E-state index contributed by atoms with van der Waals surface area (Å²) in [6.07, 6.45) is -0.131. The molecule has 1 rings (SSSR count). The average Bonchev–Trinajstić information content (AvgIpc) is 2.37. The zero-order valence-corrected chi connectivity index (χ0v) is 9.54. The zero-order valence-electron chi connectivity index (χ0n) is 9.54. The molecule has 1 aromatic carbocycles. The summed E-state index contributed by atoms with van der Waals surface area (Å²) in [7, 11) is 0. The molecule has 0 heterocycles. The van der Waals surface area contributed by atoms with E-state index in [9.17, 15) is 27.1 Å². The van der Waals surface area contributed by atoms with Gasteiger partial charge in [0.1, 0.15) is 5.69 Å². The number of aliphatic hydroxyl groups excluding tert-OH is 1. The van der Waals surface area contributed by atoms with E-state index in [4.69, 9.17) is 0 Å². The Kier molecular flexibility index (Phi) is 4.89. The molecule has 1 unspecified atom stereocenters. The number of halogens is 5. The van der Waals surface area contributed by atoms with Crippen molar-refractivity contribution in [3.05, 3.63) is 29.1 Å². The summed E-state index contributed by atoms with van der Waals surface area (Å²) in [5, 5.41) is 11.3. The van der Waals surface area contributed by atoms with Gasteiger partial charge in [-0.25, -0.2) is 22.0 Å². The molecule has 0 fully saturated rings. The summed E-state index contributed by atoms with van der Waals surface area (Å²) >= 11 is 0. The van der Waals surface area contributed by atoms with Crippen LogP contribution in [0.4, 0.5) is 27.6 Å². The van der Waals surface area contributed by atoms with Crippen molar-refractivity contribution in [2.45, 2.75) is 25.9 Å². The lowest BCUT2D eigenvalue weighted by Crippen LogP contribution is -2.15. The molecule has 102 valence electrons. The SMILES string of the molecule is CCC(O)CCNc1c(F)c(F)c(F)c(F)c1F.